The zero-order valence-electron chi connectivity index (χ0n) is 13.6. The highest BCUT2D eigenvalue weighted by atomic mass is 35.5. The van der Waals surface area contributed by atoms with Crippen LogP contribution in [0.5, 0.6) is 0 Å². The Balaban J connectivity index is 2.07. The van der Waals surface area contributed by atoms with Gasteiger partial charge in [0.2, 0.25) is 0 Å². The predicted octanol–water partition coefficient (Wildman–Crippen LogP) is 4.15. The fourth-order valence-corrected chi connectivity index (χ4v) is 2.85. The van der Waals surface area contributed by atoms with E-state index in [1.54, 1.807) is 30.3 Å². The number of rotatable bonds is 2. The van der Waals surface area contributed by atoms with Crippen molar-refractivity contribution in [3.63, 3.8) is 0 Å². The lowest BCUT2D eigenvalue weighted by Crippen LogP contribution is -2.56. The van der Waals surface area contributed by atoms with E-state index in [4.69, 9.17) is 11.6 Å². The number of aliphatic hydroxyl groups is 1. The highest BCUT2D eigenvalue weighted by Crippen LogP contribution is 2.42. The monoisotopic (exact) mass is 382 g/mol. The van der Waals surface area contributed by atoms with Crippen molar-refractivity contribution >= 4 is 23.2 Å². The average Bonchev–Trinajstić information content (AvgIpc) is 2.94. The third kappa shape index (κ3) is 3.08. The number of amides is 1. The average molecular weight is 383 g/mol. The fourth-order valence-electron chi connectivity index (χ4n) is 2.64. The fraction of sp³-hybridized carbons (Fsp3) is 0.222. The molecule has 4 nitrogen and oxygen atoms in total. The van der Waals surface area contributed by atoms with Crippen LogP contribution in [0.25, 0.3) is 0 Å². The molecular formula is C18H14ClF3N2O2. The molecule has 1 amide bonds. The Hall–Kier alpha value is -2.38. The smallest absolute Gasteiger partial charge is 0.362 e. The summed E-state index contributed by atoms with van der Waals surface area (Å²) in [6, 6.07) is 12.3. The van der Waals surface area contributed by atoms with Crippen LogP contribution in [0.1, 0.15) is 27.9 Å². The number of carbonyl (C=O) groups is 1. The van der Waals surface area contributed by atoms with Gasteiger partial charge in [-0.3, -0.25) is 4.79 Å². The molecule has 1 aliphatic rings. The lowest BCUT2D eigenvalue weighted by atomic mass is 10.00. The molecule has 136 valence electrons. The number of hydrogen-bond donors (Lipinski definition) is 1. The first-order valence-electron chi connectivity index (χ1n) is 7.66. The van der Waals surface area contributed by atoms with Crippen molar-refractivity contribution in [2.75, 3.05) is 0 Å². The van der Waals surface area contributed by atoms with Gasteiger partial charge in [-0.2, -0.15) is 23.3 Å². The van der Waals surface area contributed by atoms with E-state index in [0.29, 0.717) is 5.56 Å². The maximum absolute atomic E-state index is 13.6. The summed E-state index contributed by atoms with van der Waals surface area (Å²) in [5.74, 6) is -1.13. The van der Waals surface area contributed by atoms with Crippen LogP contribution in [0.4, 0.5) is 13.2 Å². The number of halogens is 4. The Kier molecular flexibility index (Phi) is 4.54. The summed E-state index contributed by atoms with van der Waals surface area (Å²) < 4.78 is 40.7. The van der Waals surface area contributed by atoms with Crippen LogP contribution in [0.2, 0.25) is 5.02 Å². The molecular weight excluding hydrogens is 369 g/mol. The zero-order chi connectivity index (χ0) is 19.1. The van der Waals surface area contributed by atoms with Crippen molar-refractivity contribution in [1.29, 1.82) is 0 Å². The maximum Gasteiger partial charge on any atom is 0.438 e. The minimum atomic E-state index is -5.10. The van der Waals surface area contributed by atoms with Gasteiger partial charge in [0.1, 0.15) is 0 Å². The van der Waals surface area contributed by atoms with Crippen molar-refractivity contribution in [3.8, 4) is 0 Å². The molecule has 26 heavy (non-hydrogen) atoms. The molecule has 0 spiro atoms. The summed E-state index contributed by atoms with van der Waals surface area (Å²) in [5.41, 5.74) is -2.34. The number of nitrogens with zero attached hydrogens (tertiary/aromatic N) is 2. The van der Waals surface area contributed by atoms with Crippen molar-refractivity contribution in [2.24, 2.45) is 5.10 Å². The normalized spacial score (nSPS) is 20.2. The van der Waals surface area contributed by atoms with E-state index in [9.17, 15) is 23.1 Å². The quantitative estimate of drug-likeness (QED) is 0.848. The second-order valence-corrected chi connectivity index (χ2v) is 6.41. The number of benzene rings is 2. The summed E-state index contributed by atoms with van der Waals surface area (Å²) in [6.45, 7) is 1.83. The molecule has 1 N–H and O–H groups in total. The molecule has 0 saturated heterocycles. The Morgan fingerprint density at radius 2 is 1.81 bits per heavy atom. The summed E-state index contributed by atoms with van der Waals surface area (Å²) >= 11 is 5.92. The largest absolute Gasteiger partial charge is 0.438 e. The topological polar surface area (TPSA) is 52.9 Å². The third-order valence-electron chi connectivity index (χ3n) is 4.12. The number of alkyl halides is 3. The molecule has 1 atom stereocenters. The first-order chi connectivity index (χ1) is 12.1. The number of aryl methyl sites for hydroxylation is 1. The van der Waals surface area contributed by atoms with E-state index in [1.807, 2.05) is 6.92 Å². The second-order valence-electron chi connectivity index (χ2n) is 6.00. The molecule has 1 aliphatic heterocycles. The van der Waals surface area contributed by atoms with Crippen molar-refractivity contribution in [3.05, 3.63) is 70.2 Å². The Morgan fingerprint density at radius 3 is 2.38 bits per heavy atom. The second kappa shape index (κ2) is 6.41. The van der Waals surface area contributed by atoms with Crippen LogP contribution in [-0.2, 0) is 0 Å². The molecule has 8 heteroatoms. The molecule has 0 aliphatic carbocycles. The predicted molar refractivity (Wildman–Crippen MR) is 91.0 cm³/mol. The molecule has 1 unspecified atom stereocenters. The van der Waals surface area contributed by atoms with Gasteiger partial charge in [0.25, 0.3) is 11.6 Å². The van der Waals surface area contributed by atoms with Gasteiger partial charge < -0.3 is 5.11 Å². The maximum atomic E-state index is 13.6. The van der Waals surface area contributed by atoms with E-state index >= 15 is 0 Å². The molecule has 0 fully saturated rings. The molecule has 0 aromatic heterocycles. The highest BCUT2D eigenvalue weighted by molar-refractivity contribution is 6.33. The van der Waals surface area contributed by atoms with Crippen molar-refractivity contribution < 1.29 is 23.1 Å². The molecule has 0 bridgehead atoms. The van der Waals surface area contributed by atoms with Gasteiger partial charge in [0.15, 0.2) is 0 Å². The number of hydrazone groups is 1. The van der Waals surface area contributed by atoms with E-state index in [-0.39, 0.29) is 21.3 Å². The summed E-state index contributed by atoms with van der Waals surface area (Å²) in [4.78, 5) is 12.6. The van der Waals surface area contributed by atoms with Gasteiger partial charge in [0.05, 0.1) is 22.7 Å². The van der Waals surface area contributed by atoms with Crippen LogP contribution < -0.4 is 0 Å². The number of hydrogen-bond acceptors (Lipinski definition) is 3. The Morgan fingerprint density at radius 1 is 1.19 bits per heavy atom. The SMILES string of the molecule is Cc1ccc(C2=NN(C(=O)c3ccccc3Cl)C(O)(C(F)(F)F)C2)cc1. The van der Waals surface area contributed by atoms with Gasteiger partial charge in [-0.05, 0) is 24.6 Å². The Labute approximate surface area is 152 Å². The lowest BCUT2D eigenvalue weighted by Gasteiger charge is -2.32. The molecule has 2 aromatic carbocycles. The van der Waals surface area contributed by atoms with Crippen LogP contribution in [-0.4, -0.2) is 33.6 Å². The molecule has 0 saturated carbocycles. The van der Waals surface area contributed by atoms with Gasteiger partial charge in [-0.25, -0.2) is 0 Å². The Bertz CT molecular complexity index is 881. The van der Waals surface area contributed by atoms with E-state index in [2.05, 4.69) is 5.10 Å². The van der Waals surface area contributed by atoms with E-state index in [0.717, 1.165) is 5.56 Å². The summed E-state index contributed by atoms with van der Waals surface area (Å²) in [6.07, 6.45) is -5.96. The van der Waals surface area contributed by atoms with Crippen molar-refractivity contribution in [1.82, 2.24) is 5.01 Å². The van der Waals surface area contributed by atoms with Gasteiger partial charge in [-0.1, -0.05) is 53.6 Å². The van der Waals surface area contributed by atoms with Gasteiger partial charge in [-0.15, -0.1) is 0 Å². The van der Waals surface area contributed by atoms with Crippen LogP contribution in [0.3, 0.4) is 0 Å². The highest BCUT2D eigenvalue weighted by Gasteiger charge is 2.63. The standard InChI is InChI=1S/C18H14ClF3N2O2/c1-11-6-8-12(9-7-11)15-10-17(26,18(20,21)22)24(23-15)16(25)13-4-2-3-5-14(13)19/h2-9,26H,10H2,1H3. The molecule has 2 aromatic rings. The van der Waals surface area contributed by atoms with Crippen molar-refractivity contribution in [2.45, 2.75) is 25.2 Å². The zero-order valence-corrected chi connectivity index (χ0v) is 14.3. The van der Waals surface area contributed by atoms with Crippen LogP contribution in [0.15, 0.2) is 53.6 Å². The van der Waals surface area contributed by atoms with E-state index < -0.39 is 24.2 Å². The molecule has 0 radical (unpaired) electrons. The minimum Gasteiger partial charge on any atom is -0.362 e. The third-order valence-corrected chi connectivity index (χ3v) is 4.45. The van der Waals surface area contributed by atoms with Gasteiger partial charge in [0, 0.05) is 0 Å². The van der Waals surface area contributed by atoms with Crippen LogP contribution in [0, 0.1) is 6.92 Å². The minimum absolute atomic E-state index is 0.0268. The van der Waals surface area contributed by atoms with Crippen LogP contribution >= 0.6 is 11.6 Å². The summed E-state index contributed by atoms with van der Waals surface area (Å²) in [5, 5.41) is 14.2. The van der Waals surface area contributed by atoms with E-state index in [1.165, 1.54) is 18.2 Å². The summed E-state index contributed by atoms with van der Waals surface area (Å²) in [7, 11) is 0. The lowest BCUT2D eigenvalue weighted by molar-refractivity contribution is -0.297. The first-order valence-corrected chi connectivity index (χ1v) is 8.04. The number of carbonyl (C=O) groups excluding carboxylic acids is 1. The molecule has 3 rings (SSSR count). The van der Waals surface area contributed by atoms with Gasteiger partial charge >= 0.3 is 6.18 Å². The first kappa shape index (κ1) is 18.4. The molecule has 1 heterocycles.